The zero-order valence-corrected chi connectivity index (χ0v) is 10.7. The molecule has 2 amide bonds. The van der Waals surface area contributed by atoms with Gasteiger partial charge in [-0.05, 0) is 37.1 Å². The minimum atomic E-state index is -0.738. The maximum absolute atomic E-state index is 11.3. The lowest BCUT2D eigenvalue weighted by molar-refractivity contribution is -0.139. The number of rotatable bonds is 4. The second-order valence-corrected chi connectivity index (χ2v) is 3.98. The molecule has 1 rings (SSSR count). The van der Waals surface area contributed by atoms with E-state index in [9.17, 15) is 9.59 Å². The number of ether oxygens (including phenoxy) is 1. The first-order valence-corrected chi connectivity index (χ1v) is 5.41. The van der Waals surface area contributed by atoms with E-state index in [0.717, 1.165) is 11.1 Å². The van der Waals surface area contributed by atoms with Crippen LogP contribution in [0.4, 0.5) is 10.5 Å². The van der Waals surface area contributed by atoms with Crippen LogP contribution in [0.2, 0.25) is 0 Å². The van der Waals surface area contributed by atoms with Gasteiger partial charge in [0.1, 0.15) is 6.54 Å². The molecule has 0 heterocycles. The first-order valence-electron chi connectivity index (χ1n) is 5.41. The predicted octanol–water partition coefficient (Wildman–Crippen LogP) is 0.866. The molecule has 0 aromatic heterocycles. The van der Waals surface area contributed by atoms with E-state index in [1.54, 1.807) is 0 Å². The normalized spacial score (nSPS) is 9.72. The number of hydrogen-bond acceptors (Lipinski definition) is 4. The molecule has 0 aliphatic heterocycles. The van der Waals surface area contributed by atoms with Crippen molar-refractivity contribution in [1.29, 1.82) is 0 Å². The Morgan fingerprint density at radius 2 is 1.83 bits per heavy atom. The van der Waals surface area contributed by atoms with Crippen molar-refractivity contribution in [2.75, 3.05) is 18.7 Å². The standard InChI is InChI=1S/C12H17N3O3/c1-8-4-9(2)6-10(5-8)15(14-12(13)17)7-11(16)18-3/h4-6H,7H2,1-3H3,(H3,13,14,17). The Kier molecular flexibility index (Phi) is 4.53. The minimum absolute atomic E-state index is 0.109. The molecule has 1 aromatic carbocycles. The molecule has 98 valence electrons. The van der Waals surface area contributed by atoms with Crippen molar-refractivity contribution in [3.8, 4) is 0 Å². The SMILES string of the molecule is COC(=O)CN(NC(N)=O)c1cc(C)cc(C)c1. The number of esters is 1. The molecule has 1 aromatic rings. The van der Waals surface area contributed by atoms with Crippen LogP contribution in [-0.4, -0.2) is 25.7 Å². The lowest BCUT2D eigenvalue weighted by Crippen LogP contribution is -2.48. The number of carbonyl (C=O) groups is 2. The molecule has 0 atom stereocenters. The molecule has 6 nitrogen and oxygen atoms in total. The number of anilines is 1. The monoisotopic (exact) mass is 251 g/mol. The summed E-state index contributed by atoms with van der Waals surface area (Å²) in [6, 6.07) is 4.93. The highest BCUT2D eigenvalue weighted by Gasteiger charge is 2.14. The van der Waals surface area contributed by atoms with Crippen LogP contribution in [0, 0.1) is 13.8 Å². The topological polar surface area (TPSA) is 84.7 Å². The van der Waals surface area contributed by atoms with Gasteiger partial charge in [-0.15, -0.1) is 0 Å². The molecular weight excluding hydrogens is 234 g/mol. The van der Waals surface area contributed by atoms with Crippen LogP contribution in [-0.2, 0) is 9.53 Å². The van der Waals surface area contributed by atoms with Gasteiger partial charge in [0, 0.05) is 0 Å². The van der Waals surface area contributed by atoms with E-state index < -0.39 is 12.0 Å². The Labute approximate surface area is 106 Å². The number of hydrogen-bond donors (Lipinski definition) is 2. The van der Waals surface area contributed by atoms with Gasteiger partial charge in [-0.25, -0.2) is 10.2 Å². The highest BCUT2D eigenvalue weighted by Crippen LogP contribution is 2.17. The van der Waals surface area contributed by atoms with Crippen molar-refractivity contribution in [2.24, 2.45) is 5.73 Å². The van der Waals surface area contributed by atoms with E-state index in [1.165, 1.54) is 12.1 Å². The van der Waals surface area contributed by atoms with Gasteiger partial charge >= 0.3 is 12.0 Å². The van der Waals surface area contributed by atoms with Crippen LogP contribution in [0.5, 0.6) is 0 Å². The number of hydrazine groups is 1. The Morgan fingerprint density at radius 1 is 1.28 bits per heavy atom. The molecule has 0 saturated carbocycles. The molecule has 0 spiro atoms. The molecule has 0 aliphatic carbocycles. The largest absolute Gasteiger partial charge is 0.468 e. The average molecular weight is 251 g/mol. The van der Waals surface area contributed by atoms with E-state index >= 15 is 0 Å². The zero-order valence-electron chi connectivity index (χ0n) is 10.7. The summed E-state index contributed by atoms with van der Waals surface area (Å²) in [7, 11) is 1.28. The number of nitrogens with zero attached hydrogens (tertiary/aromatic N) is 1. The fourth-order valence-electron chi connectivity index (χ4n) is 1.63. The molecule has 0 saturated heterocycles. The van der Waals surface area contributed by atoms with Crippen LogP contribution in [0.1, 0.15) is 11.1 Å². The van der Waals surface area contributed by atoms with E-state index in [1.807, 2.05) is 32.0 Å². The third-order valence-electron chi connectivity index (χ3n) is 2.28. The summed E-state index contributed by atoms with van der Waals surface area (Å²) in [5.74, 6) is -0.470. The molecule has 3 N–H and O–H groups in total. The molecule has 0 aliphatic rings. The summed E-state index contributed by atoms with van der Waals surface area (Å²) in [5, 5.41) is 1.36. The molecule has 18 heavy (non-hydrogen) atoms. The lowest BCUT2D eigenvalue weighted by Gasteiger charge is -2.23. The van der Waals surface area contributed by atoms with Crippen LogP contribution in [0.25, 0.3) is 0 Å². The first kappa shape index (κ1) is 13.8. The Morgan fingerprint density at radius 3 is 2.28 bits per heavy atom. The van der Waals surface area contributed by atoms with Crippen molar-refractivity contribution >= 4 is 17.7 Å². The van der Waals surface area contributed by atoms with Gasteiger partial charge in [0.15, 0.2) is 0 Å². The summed E-state index contributed by atoms with van der Waals surface area (Å²) >= 11 is 0. The number of nitrogens with two attached hydrogens (primary N) is 1. The maximum Gasteiger partial charge on any atom is 0.330 e. The zero-order chi connectivity index (χ0) is 13.7. The van der Waals surface area contributed by atoms with Crippen LogP contribution in [0.15, 0.2) is 18.2 Å². The Balaban J connectivity index is 3.00. The van der Waals surface area contributed by atoms with E-state index in [2.05, 4.69) is 10.2 Å². The Hall–Kier alpha value is -2.24. The van der Waals surface area contributed by atoms with Crippen LogP contribution >= 0.6 is 0 Å². The highest BCUT2D eigenvalue weighted by atomic mass is 16.5. The Bertz CT molecular complexity index is 440. The van der Waals surface area contributed by atoms with Crippen molar-refractivity contribution in [3.63, 3.8) is 0 Å². The molecule has 6 heteroatoms. The van der Waals surface area contributed by atoms with Gasteiger partial charge < -0.3 is 10.5 Å². The fourth-order valence-corrected chi connectivity index (χ4v) is 1.63. The molecular formula is C12H17N3O3. The predicted molar refractivity (Wildman–Crippen MR) is 68.0 cm³/mol. The van der Waals surface area contributed by atoms with Crippen molar-refractivity contribution in [3.05, 3.63) is 29.3 Å². The maximum atomic E-state index is 11.3. The number of aryl methyl sites for hydroxylation is 2. The fraction of sp³-hybridized carbons (Fsp3) is 0.333. The second kappa shape index (κ2) is 5.90. The van der Waals surface area contributed by atoms with Gasteiger partial charge in [-0.1, -0.05) is 6.07 Å². The van der Waals surface area contributed by atoms with Gasteiger partial charge in [-0.3, -0.25) is 9.80 Å². The van der Waals surface area contributed by atoms with E-state index in [-0.39, 0.29) is 6.54 Å². The summed E-state index contributed by atoms with van der Waals surface area (Å²) in [5.41, 5.74) is 10.2. The van der Waals surface area contributed by atoms with Gasteiger partial charge in [0.05, 0.1) is 12.8 Å². The number of nitrogens with one attached hydrogen (secondary N) is 1. The quantitative estimate of drug-likeness (QED) is 0.614. The first-order chi connectivity index (χ1) is 8.42. The third kappa shape index (κ3) is 3.97. The molecule has 0 bridgehead atoms. The summed E-state index contributed by atoms with van der Waals surface area (Å²) in [6.45, 7) is 3.75. The molecule has 0 radical (unpaired) electrons. The number of carbonyl (C=O) groups excluding carboxylic acids is 2. The number of amides is 2. The van der Waals surface area contributed by atoms with Gasteiger partial charge in [0.25, 0.3) is 0 Å². The van der Waals surface area contributed by atoms with E-state index in [0.29, 0.717) is 5.69 Å². The van der Waals surface area contributed by atoms with Crippen molar-refractivity contribution < 1.29 is 14.3 Å². The summed E-state index contributed by atoms with van der Waals surface area (Å²) in [6.07, 6.45) is 0. The van der Waals surface area contributed by atoms with Gasteiger partial charge in [-0.2, -0.15) is 0 Å². The van der Waals surface area contributed by atoms with Crippen molar-refractivity contribution in [1.82, 2.24) is 5.43 Å². The lowest BCUT2D eigenvalue weighted by atomic mass is 10.1. The summed E-state index contributed by atoms with van der Waals surface area (Å²) in [4.78, 5) is 22.2. The second-order valence-electron chi connectivity index (χ2n) is 3.98. The third-order valence-corrected chi connectivity index (χ3v) is 2.28. The number of methoxy groups -OCH3 is 1. The number of benzene rings is 1. The van der Waals surface area contributed by atoms with Gasteiger partial charge in [0.2, 0.25) is 0 Å². The number of primary amides is 1. The smallest absolute Gasteiger partial charge is 0.330 e. The number of urea groups is 1. The average Bonchev–Trinajstić information content (AvgIpc) is 2.26. The van der Waals surface area contributed by atoms with Crippen LogP contribution < -0.4 is 16.2 Å². The molecule has 0 unspecified atom stereocenters. The molecule has 0 fully saturated rings. The highest BCUT2D eigenvalue weighted by molar-refractivity contribution is 5.79. The van der Waals surface area contributed by atoms with Crippen LogP contribution in [0.3, 0.4) is 0 Å². The van der Waals surface area contributed by atoms with E-state index in [4.69, 9.17) is 5.73 Å². The summed E-state index contributed by atoms with van der Waals surface area (Å²) < 4.78 is 4.57. The minimum Gasteiger partial charge on any atom is -0.468 e. The van der Waals surface area contributed by atoms with Crippen molar-refractivity contribution in [2.45, 2.75) is 13.8 Å².